The minimum absolute atomic E-state index is 0.0868. The number of nitrogens with one attached hydrogen (secondary N) is 1. The molecule has 1 aliphatic rings. The van der Waals surface area contributed by atoms with Gasteiger partial charge >= 0.3 is 12.2 Å². The molecule has 1 atom stereocenters. The predicted octanol–water partition coefficient (Wildman–Crippen LogP) is 4.32. The van der Waals surface area contributed by atoms with Crippen molar-refractivity contribution in [2.75, 3.05) is 19.0 Å². The van der Waals surface area contributed by atoms with Crippen LogP contribution in [-0.4, -0.2) is 38.7 Å². The van der Waals surface area contributed by atoms with Crippen LogP contribution in [0.5, 0.6) is 11.8 Å². The highest BCUT2D eigenvalue weighted by atomic mass is 32.2. The van der Waals surface area contributed by atoms with Crippen molar-refractivity contribution in [3.8, 4) is 22.9 Å². The van der Waals surface area contributed by atoms with Crippen molar-refractivity contribution in [3.05, 3.63) is 48.3 Å². The van der Waals surface area contributed by atoms with E-state index in [0.29, 0.717) is 18.7 Å². The van der Waals surface area contributed by atoms with Gasteiger partial charge in [-0.2, -0.15) is 18.3 Å². The first-order chi connectivity index (χ1) is 16.8. The number of nitrogens with two attached hydrogens (primary N) is 1. The van der Waals surface area contributed by atoms with Crippen molar-refractivity contribution in [2.24, 2.45) is 14.9 Å². The Morgan fingerprint density at radius 1 is 1.31 bits per heavy atom. The molecule has 2 aromatic heterocycles. The second-order valence-corrected chi connectivity index (χ2v) is 10.6. The van der Waals surface area contributed by atoms with Crippen LogP contribution in [0, 0.1) is 5.41 Å². The highest BCUT2D eigenvalue weighted by Crippen LogP contribution is 2.37. The molecule has 0 spiro atoms. The van der Waals surface area contributed by atoms with E-state index in [2.05, 4.69) is 19.8 Å². The molecule has 0 radical (unpaired) electrons. The van der Waals surface area contributed by atoms with Crippen molar-refractivity contribution in [3.63, 3.8) is 0 Å². The minimum atomic E-state index is -4.67. The summed E-state index contributed by atoms with van der Waals surface area (Å²) in [4.78, 5) is 16.6. The van der Waals surface area contributed by atoms with Crippen LogP contribution >= 0.6 is 0 Å². The molecule has 0 bridgehead atoms. The first-order valence-corrected chi connectivity index (χ1v) is 12.1. The van der Waals surface area contributed by atoms with Crippen LogP contribution in [0.1, 0.15) is 19.4 Å². The van der Waals surface area contributed by atoms with E-state index in [1.807, 2.05) is 13.8 Å². The number of alkyl halides is 3. The largest absolute Gasteiger partial charge is 0.481 e. The number of ether oxygens (including phenoxy) is 2. The Kier molecular flexibility index (Phi) is 6.43. The van der Waals surface area contributed by atoms with Crippen LogP contribution in [0.4, 0.5) is 23.7 Å². The third-order valence-electron chi connectivity index (χ3n) is 5.31. The Morgan fingerprint density at radius 3 is 2.75 bits per heavy atom. The summed E-state index contributed by atoms with van der Waals surface area (Å²) in [5, 5.41) is 12.3. The van der Waals surface area contributed by atoms with Gasteiger partial charge in [0.25, 0.3) is 0 Å². The Morgan fingerprint density at radius 2 is 2.06 bits per heavy atom. The van der Waals surface area contributed by atoms with E-state index in [1.54, 1.807) is 0 Å². The Balaban J connectivity index is 1.71. The number of carbonyl (C=O) groups is 1. The topological polar surface area (TPSA) is 134 Å². The number of carbonyl (C=O) groups excluding carboxylic acids is 1. The molecule has 0 unspecified atom stereocenters. The zero-order valence-electron chi connectivity index (χ0n) is 19.5. The number of hydrogen-bond acceptors (Lipinski definition) is 6. The van der Waals surface area contributed by atoms with Gasteiger partial charge in [0, 0.05) is 23.2 Å². The third-order valence-corrected chi connectivity index (χ3v) is 6.66. The molecule has 0 saturated heterocycles. The second kappa shape index (κ2) is 9.09. The van der Waals surface area contributed by atoms with Crippen LogP contribution < -0.4 is 19.9 Å². The maximum absolute atomic E-state index is 13.4. The molecule has 14 heteroatoms. The molecular formula is C22H23F3N6O4S. The SMILES string of the molecule is COc1cc(-c2ccc(C(F)(F)F)cc2NC(=O)N=[S@](N)(=O)c2cnn3c2OCC(C)(C)C3)ccn1. The lowest BCUT2D eigenvalue weighted by Crippen LogP contribution is -2.33. The number of rotatable bonds is 4. The van der Waals surface area contributed by atoms with Gasteiger partial charge in [-0.1, -0.05) is 19.9 Å². The first-order valence-electron chi connectivity index (χ1n) is 10.6. The van der Waals surface area contributed by atoms with Crippen LogP contribution in [0.3, 0.4) is 0 Å². The average Bonchev–Trinajstić information content (AvgIpc) is 3.21. The van der Waals surface area contributed by atoms with Crippen molar-refractivity contribution in [2.45, 2.75) is 31.5 Å². The lowest BCUT2D eigenvalue weighted by atomic mass is 9.94. The standard InChI is InChI=1S/C22H23F3N6O4S/c1-21(2)11-31-19(35-12-21)17(10-28-31)36(26,33)30-20(32)29-16-9-14(22(23,24)25)4-5-15(16)13-6-7-27-18(8-13)34-3/h4-10H,11-12H2,1-3H3,(H3,26,29,30,32,33)/t36-/m0/s1. The van der Waals surface area contributed by atoms with E-state index in [-0.39, 0.29) is 33.3 Å². The van der Waals surface area contributed by atoms with E-state index in [9.17, 15) is 22.2 Å². The molecule has 192 valence electrons. The molecule has 3 heterocycles. The number of fused-ring (bicyclic) bond motifs is 1. The van der Waals surface area contributed by atoms with Crippen LogP contribution in [0.25, 0.3) is 11.1 Å². The molecule has 3 N–H and O–H groups in total. The van der Waals surface area contributed by atoms with Crippen LogP contribution in [-0.2, 0) is 22.6 Å². The average molecular weight is 525 g/mol. The maximum Gasteiger partial charge on any atom is 0.416 e. The normalized spacial score (nSPS) is 16.3. The zero-order valence-corrected chi connectivity index (χ0v) is 20.3. The second-order valence-electron chi connectivity index (χ2n) is 8.86. The highest BCUT2D eigenvalue weighted by Gasteiger charge is 2.33. The molecule has 10 nitrogen and oxygen atoms in total. The van der Waals surface area contributed by atoms with Gasteiger partial charge in [-0.05, 0) is 23.8 Å². The number of methoxy groups -OCH3 is 1. The molecular weight excluding hydrogens is 501 g/mol. The van der Waals surface area contributed by atoms with Crippen LogP contribution in [0.2, 0.25) is 0 Å². The summed E-state index contributed by atoms with van der Waals surface area (Å²) >= 11 is 0. The summed E-state index contributed by atoms with van der Waals surface area (Å²) < 4.78 is 69.0. The van der Waals surface area contributed by atoms with E-state index < -0.39 is 27.7 Å². The van der Waals surface area contributed by atoms with Crippen LogP contribution in [0.15, 0.2) is 52.0 Å². The molecule has 0 saturated carbocycles. The van der Waals surface area contributed by atoms with E-state index in [1.165, 1.54) is 42.4 Å². The lowest BCUT2D eigenvalue weighted by molar-refractivity contribution is -0.137. The number of aromatic nitrogens is 3. The number of urea groups is 1. The molecule has 1 aliphatic heterocycles. The van der Waals surface area contributed by atoms with Gasteiger partial charge in [0.1, 0.15) is 4.90 Å². The fourth-order valence-corrected chi connectivity index (χ4v) is 4.61. The minimum Gasteiger partial charge on any atom is -0.481 e. The monoisotopic (exact) mass is 524 g/mol. The first kappa shape index (κ1) is 25.4. The Bertz CT molecular complexity index is 1440. The van der Waals surface area contributed by atoms with E-state index in [0.717, 1.165) is 12.1 Å². The van der Waals surface area contributed by atoms with Crippen molar-refractivity contribution >= 4 is 21.6 Å². The number of pyridine rings is 1. The molecule has 36 heavy (non-hydrogen) atoms. The fourth-order valence-electron chi connectivity index (χ4n) is 3.61. The van der Waals surface area contributed by atoms with Gasteiger partial charge in [0.15, 0.2) is 9.92 Å². The Labute approximate surface area is 204 Å². The van der Waals surface area contributed by atoms with Gasteiger partial charge in [-0.25, -0.2) is 23.8 Å². The van der Waals surface area contributed by atoms with Gasteiger partial charge in [-0.15, -0.1) is 4.36 Å². The Hall–Kier alpha value is -3.65. The highest BCUT2D eigenvalue weighted by molar-refractivity contribution is 7.91. The molecule has 0 fully saturated rings. The number of benzene rings is 1. The van der Waals surface area contributed by atoms with Crippen molar-refractivity contribution in [1.29, 1.82) is 0 Å². The number of halogens is 3. The third kappa shape index (κ3) is 5.28. The zero-order chi connectivity index (χ0) is 26.3. The van der Waals surface area contributed by atoms with Gasteiger partial charge < -0.3 is 14.8 Å². The van der Waals surface area contributed by atoms with Gasteiger partial charge in [-0.3, -0.25) is 0 Å². The number of hydrogen-bond donors (Lipinski definition) is 2. The maximum atomic E-state index is 13.4. The lowest BCUT2D eigenvalue weighted by Gasteiger charge is -2.30. The summed E-state index contributed by atoms with van der Waals surface area (Å²) in [6, 6.07) is 4.62. The summed E-state index contributed by atoms with van der Waals surface area (Å²) in [7, 11) is -2.45. The summed E-state index contributed by atoms with van der Waals surface area (Å²) in [6.07, 6.45) is -2.07. The van der Waals surface area contributed by atoms with E-state index >= 15 is 0 Å². The molecule has 2 amide bonds. The number of anilines is 1. The molecule has 3 aromatic rings. The number of nitrogens with zero attached hydrogens (tertiary/aromatic N) is 4. The molecule has 0 aliphatic carbocycles. The smallest absolute Gasteiger partial charge is 0.416 e. The summed E-state index contributed by atoms with van der Waals surface area (Å²) in [5.41, 5.74) is -0.810. The number of amides is 2. The quantitative estimate of drug-likeness (QED) is 0.522. The van der Waals surface area contributed by atoms with Gasteiger partial charge in [0.05, 0.1) is 37.7 Å². The fraction of sp³-hybridized carbons (Fsp3) is 0.318. The van der Waals surface area contributed by atoms with E-state index in [4.69, 9.17) is 14.6 Å². The molecule has 4 rings (SSSR count). The summed E-state index contributed by atoms with van der Waals surface area (Å²) in [6.45, 7) is 4.68. The van der Waals surface area contributed by atoms with Gasteiger partial charge in [0.2, 0.25) is 11.8 Å². The summed E-state index contributed by atoms with van der Waals surface area (Å²) in [5.74, 6) is 0.343. The molecule has 1 aromatic carbocycles. The van der Waals surface area contributed by atoms with Crippen molar-refractivity contribution in [1.82, 2.24) is 14.8 Å². The predicted molar refractivity (Wildman–Crippen MR) is 125 cm³/mol. The van der Waals surface area contributed by atoms with Crippen molar-refractivity contribution < 1.29 is 31.6 Å².